The van der Waals surface area contributed by atoms with Crippen LogP contribution in [0.15, 0.2) is 72.8 Å². The van der Waals surface area contributed by atoms with E-state index in [1.165, 1.54) is 20.3 Å². The number of carbonyl (C=O) groups excluding carboxylic acids is 3. The topological polar surface area (TPSA) is 91.4 Å². The number of hydrogen-bond acceptors (Lipinski definition) is 8. The average molecular weight is 550 g/mol. The maximum atomic E-state index is 14.0. The molecule has 2 saturated heterocycles. The quantitative estimate of drug-likeness (QED) is 0.198. The van der Waals surface area contributed by atoms with Gasteiger partial charge in [-0.25, -0.2) is 4.79 Å². The van der Waals surface area contributed by atoms with Gasteiger partial charge in [0.2, 0.25) is 0 Å². The Bertz CT molecular complexity index is 1150. The van der Waals surface area contributed by atoms with Gasteiger partial charge in [0.1, 0.15) is 5.78 Å². The van der Waals surface area contributed by atoms with Crippen molar-refractivity contribution in [3.63, 3.8) is 0 Å². The number of ether oxygens (including phenoxy) is 4. The van der Waals surface area contributed by atoms with E-state index in [4.69, 9.17) is 18.9 Å². The lowest BCUT2D eigenvalue weighted by atomic mass is 9.72. The molecule has 0 aliphatic carbocycles. The first-order valence-corrected chi connectivity index (χ1v) is 13.9. The normalized spacial score (nSPS) is 24.2. The van der Waals surface area contributed by atoms with E-state index < -0.39 is 29.3 Å². The number of Topliss-reactive ketones (excluding diaryl/α,β-unsaturated/α-hetero) is 1. The molecule has 4 rings (SSSR count). The van der Waals surface area contributed by atoms with Gasteiger partial charge in [-0.15, -0.1) is 0 Å². The summed E-state index contributed by atoms with van der Waals surface area (Å²) in [6.45, 7) is 2.09. The minimum atomic E-state index is -0.901. The summed E-state index contributed by atoms with van der Waals surface area (Å²) in [5.41, 5.74) is 1.17. The van der Waals surface area contributed by atoms with E-state index in [9.17, 15) is 14.4 Å². The second kappa shape index (κ2) is 14.3. The molecule has 2 aromatic rings. The summed E-state index contributed by atoms with van der Waals surface area (Å²) in [4.78, 5) is 41.7. The molecule has 4 atom stereocenters. The molecule has 2 aliphatic heterocycles. The largest absolute Gasteiger partial charge is 0.469 e. The predicted octanol–water partition coefficient (Wildman–Crippen LogP) is 4.12. The van der Waals surface area contributed by atoms with Crippen LogP contribution < -0.4 is 0 Å². The lowest BCUT2D eigenvalue weighted by Gasteiger charge is -2.39. The van der Waals surface area contributed by atoms with Crippen LogP contribution in [0.4, 0.5) is 0 Å². The smallest absolute Gasteiger partial charge is 0.330 e. The van der Waals surface area contributed by atoms with Crippen LogP contribution in [0.25, 0.3) is 0 Å². The monoisotopic (exact) mass is 549 g/mol. The third-order valence-electron chi connectivity index (χ3n) is 8.04. The summed E-state index contributed by atoms with van der Waals surface area (Å²) < 4.78 is 22.0. The van der Waals surface area contributed by atoms with Crippen molar-refractivity contribution in [1.29, 1.82) is 0 Å². The summed E-state index contributed by atoms with van der Waals surface area (Å²) in [6, 6.07) is 19.5. The van der Waals surface area contributed by atoms with Crippen molar-refractivity contribution in [2.45, 2.75) is 50.5 Å². The van der Waals surface area contributed by atoms with Gasteiger partial charge in [-0.3, -0.25) is 14.5 Å². The fourth-order valence-electron chi connectivity index (χ4n) is 6.26. The fourth-order valence-corrected chi connectivity index (χ4v) is 6.26. The number of hydrogen-bond donors (Lipinski definition) is 0. The number of fused-ring (bicyclic) bond motifs is 1. The molecule has 0 spiro atoms. The summed E-state index contributed by atoms with van der Waals surface area (Å²) in [5.74, 6) is -2.37. The number of benzene rings is 2. The molecular formula is C32H39NO7. The Labute approximate surface area is 236 Å². The van der Waals surface area contributed by atoms with Crippen molar-refractivity contribution in [2.24, 2.45) is 11.8 Å². The van der Waals surface area contributed by atoms with Crippen LogP contribution >= 0.6 is 0 Å². The van der Waals surface area contributed by atoms with Gasteiger partial charge in [0.05, 0.1) is 51.4 Å². The Hall–Kier alpha value is -3.33. The second-order valence-corrected chi connectivity index (χ2v) is 10.3. The van der Waals surface area contributed by atoms with Crippen molar-refractivity contribution in [1.82, 2.24) is 4.90 Å². The Morgan fingerprint density at radius 2 is 1.52 bits per heavy atom. The first-order chi connectivity index (χ1) is 19.5. The van der Waals surface area contributed by atoms with Crippen molar-refractivity contribution in [3.05, 3.63) is 83.9 Å². The van der Waals surface area contributed by atoms with Crippen LogP contribution in [0.3, 0.4) is 0 Å². The lowest BCUT2D eigenvalue weighted by molar-refractivity contribution is -0.150. The van der Waals surface area contributed by atoms with E-state index in [2.05, 4.69) is 4.90 Å². The summed E-state index contributed by atoms with van der Waals surface area (Å²) in [5, 5.41) is 0. The van der Waals surface area contributed by atoms with Crippen molar-refractivity contribution < 1.29 is 33.3 Å². The Morgan fingerprint density at radius 3 is 2.12 bits per heavy atom. The highest BCUT2D eigenvalue weighted by Crippen LogP contribution is 2.51. The maximum Gasteiger partial charge on any atom is 0.330 e. The second-order valence-electron chi connectivity index (χ2n) is 10.3. The van der Waals surface area contributed by atoms with Crippen LogP contribution in [0.5, 0.6) is 0 Å². The van der Waals surface area contributed by atoms with Gasteiger partial charge < -0.3 is 18.9 Å². The standard InChI is InChI=1S/C32H39NO7/c1-37-28(35)15-17-32(18-21-40-23-25-12-7-4-8-13-25)30(29(31(36)38-2)26-14-9-19-33(26)32)27(34)16-20-39-22-24-10-5-3-6-11-24/h3-8,10-13,15,17,26,29-30H,9,14,16,18-23H2,1-2H3/b17-15+/t26-,29-,30+,32-/m1/s1. The van der Waals surface area contributed by atoms with Gasteiger partial charge in [-0.2, -0.15) is 0 Å². The zero-order valence-corrected chi connectivity index (χ0v) is 23.3. The highest BCUT2D eigenvalue weighted by atomic mass is 16.5. The molecule has 0 aromatic heterocycles. The molecule has 214 valence electrons. The number of carbonyl (C=O) groups is 3. The molecule has 2 aliphatic rings. The minimum absolute atomic E-state index is 0.0876. The third kappa shape index (κ3) is 6.86. The highest BCUT2D eigenvalue weighted by molar-refractivity contribution is 5.90. The molecule has 0 saturated carbocycles. The highest BCUT2D eigenvalue weighted by Gasteiger charge is 2.63. The fraction of sp³-hybridized carbons (Fsp3) is 0.469. The number of methoxy groups -OCH3 is 2. The van der Waals surface area contributed by atoms with Crippen molar-refractivity contribution in [3.8, 4) is 0 Å². The zero-order chi connectivity index (χ0) is 28.4. The molecule has 8 nitrogen and oxygen atoms in total. The Morgan fingerprint density at radius 1 is 0.900 bits per heavy atom. The maximum absolute atomic E-state index is 14.0. The van der Waals surface area contributed by atoms with Crippen LogP contribution in [-0.4, -0.2) is 68.2 Å². The summed E-state index contributed by atoms with van der Waals surface area (Å²) in [7, 11) is 2.68. The molecule has 0 amide bonds. The number of ketones is 1. The Balaban J connectivity index is 1.58. The summed E-state index contributed by atoms with van der Waals surface area (Å²) >= 11 is 0. The van der Waals surface area contributed by atoms with E-state index in [1.807, 2.05) is 60.7 Å². The van der Waals surface area contributed by atoms with E-state index in [-0.39, 0.29) is 24.9 Å². The number of rotatable bonds is 14. The molecule has 0 unspecified atom stereocenters. The van der Waals surface area contributed by atoms with Crippen LogP contribution in [0, 0.1) is 11.8 Å². The lowest BCUT2D eigenvalue weighted by Crippen LogP contribution is -2.50. The predicted molar refractivity (Wildman–Crippen MR) is 149 cm³/mol. The molecule has 0 N–H and O–H groups in total. The van der Waals surface area contributed by atoms with Gasteiger partial charge >= 0.3 is 11.9 Å². The van der Waals surface area contributed by atoms with E-state index >= 15 is 0 Å². The SMILES string of the molecule is COC(=O)/C=C/[C@@]1(CCOCc2ccccc2)[C@@H](C(=O)CCOCc2ccccc2)[C@H](C(=O)OC)[C@H]2CCCN21. The van der Waals surface area contributed by atoms with Gasteiger partial charge in [-0.05, 0) is 36.9 Å². The first kappa shape index (κ1) is 29.6. The van der Waals surface area contributed by atoms with Crippen molar-refractivity contribution >= 4 is 17.7 Å². The van der Waals surface area contributed by atoms with E-state index in [0.717, 1.165) is 24.0 Å². The average Bonchev–Trinajstić information content (AvgIpc) is 3.57. The van der Waals surface area contributed by atoms with Gasteiger partial charge in [0.25, 0.3) is 0 Å². The summed E-state index contributed by atoms with van der Waals surface area (Å²) in [6.07, 6.45) is 5.37. The van der Waals surface area contributed by atoms with Crippen LogP contribution in [-0.2, 0) is 46.5 Å². The first-order valence-electron chi connectivity index (χ1n) is 13.9. The number of esters is 2. The van der Waals surface area contributed by atoms with E-state index in [1.54, 1.807) is 6.08 Å². The van der Waals surface area contributed by atoms with Crippen molar-refractivity contribution in [2.75, 3.05) is 34.0 Å². The van der Waals surface area contributed by atoms with Gasteiger partial charge in [0, 0.05) is 25.1 Å². The third-order valence-corrected chi connectivity index (χ3v) is 8.04. The molecule has 0 bridgehead atoms. The molecule has 0 radical (unpaired) electrons. The van der Waals surface area contributed by atoms with Crippen LogP contribution in [0.2, 0.25) is 0 Å². The van der Waals surface area contributed by atoms with Gasteiger partial charge in [-0.1, -0.05) is 66.7 Å². The molecule has 2 aromatic carbocycles. The molecule has 40 heavy (non-hydrogen) atoms. The molecule has 8 heteroatoms. The zero-order valence-electron chi connectivity index (χ0n) is 23.3. The van der Waals surface area contributed by atoms with Gasteiger partial charge in [0.15, 0.2) is 0 Å². The molecular weight excluding hydrogens is 510 g/mol. The minimum Gasteiger partial charge on any atom is -0.469 e. The number of nitrogens with zero attached hydrogens (tertiary/aromatic N) is 1. The van der Waals surface area contributed by atoms with Crippen LogP contribution in [0.1, 0.15) is 36.8 Å². The van der Waals surface area contributed by atoms with E-state index in [0.29, 0.717) is 32.8 Å². The Kier molecular flexibility index (Phi) is 10.6. The molecule has 2 fully saturated rings. The molecule has 2 heterocycles.